The number of carbonyl (C=O) groups excluding carboxylic acids is 2. The van der Waals surface area contributed by atoms with Crippen LogP contribution in [0, 0.1) is 12.7 Å². The van der Waals surface area contributed by atoms with Crippen LogP contribution in [0.25, 0.3) is 0 Å². The first-order valence-corrected chi connectivity index (χ1v) is 6.39. The van der Waals surface area contributed by atoms with Gasteiger partial charge in [0.2, 0.25) is 5.91 Å². The predicted octanol–water partition coefficient (Wildman–Crippen LogP) is 2.48. The molecule has 110 valence electrons. The summed E-state index contributed by atoms with van der Waals surface area (Å²) in [4.78, 5) is 23.7. The second-order valence-electron chi connectivity index (χ2n) is 4.65. The predicted molar refractivity (Wildman–Crippen MR) is 75.4 cm³/mol. The number of aryl methyl sites for hydroxylation is 1. The SMILES string of the molecule is Cc1ccc(F)c(NC(=O)C(C)NC(=O)c2ccco2)c1. The maximum atomic E-state index is 13.6. The molecule has 2 N–H and O–H groups in total. The Labute approximate surface area is 121 Å². The molecule has 21 heavy (non-hydrogen) atoms. The Morgan fingerprint density at radius 1 is 1.29 bits per heavy atom. The van der Waals surface area contributed by atoms with Gasteiger partial charge < -0.3 is 15.1 Å². The van der Waals surface area contributed by atoms with Crippen LogP contribution in [0.1, 0.15) is 23.0 Å². The van der Waals surface area contributed by atoms with Crippen molar-refractivity contribution in [2.24, 2.45) is 0 Å². The summed E-state index contributed by atoms with van der Waals surface area (Å²) in [6.07, 6.45) is 1.36. The quantitative estimate of drug-likeness (QED) is 0.908. The van der Waals surface area contributed by atoms with E-state index in [-0.39, 0.29) is 11.4 Å². The van der Waals surface area contributed by atoms with Crippen molar-refractivity contribution >= 4 is 17.5 Å². The van der Waals surface area contributed by atoms with Gasteiger partial charge in [-0.25, -0.2) is 4.39 Å². The van der Waals surface area contributed by atoms with Crippen LogP contribution in [-0.2, 0) is 4.79 Å². The molecule has 2 aromatic rings. The molecule has 0 saturated heterocycles. The molecule has 1 unspecified atom stereocenters. The lowest BCUT2D eigenvalue weighted by atomic mass is 10.2. The van der Waals surface area contributed by atoms with Crippen LogP contribution in [0.5, 0.6) is 0 Å². The van der Waals surface area contributed by atoms with Crippen LogP contribution in [-0.4, -0.2) is 17.9 Å². The zero-order valence-electron chi connectivity index (χ0n) is 11.6. The average molecular weight is 290 g/mol. The third-order valence-corrected chi connectivity index (χ3v) is 2.87. The van der Waals surface area contributed by atoms with Crippen LogP contribution in [0.3, 0.4) is 0 Å². The Morgan fingerprint density at radius 2 is 2.05 bits per heavy atom. The Bertz CT molecular complexity index is 653. The van der Waals surface area contributed by atoms with Crippen molar-refractivity contribution in [2.75, 3.05) is 5.32 Å². The highest BCUT2D eigenvalue weighted by Gasteiger charge is 2.19. The normalized spacial score (nSPS) is 11.8. The summed E-state index contributed by atoms with van der Waals surface area (Å²) in [6, 6.07) is 6.63. The number of hydrogen-bond donors (Lipinski definition) is 2. The topological polar surface area (TPSA) is 71.3 Å². The minimum Gasteiger partial charge on any atom is -0.459 e. The Hall–Kier alpha value is -2.63. The van der Waals surface area contributed by atoms with E-state index in [2.05, 4.69) is 10.6 Å². The summed E-state index contributed by atoms with van der Waals surface area (Å²) >= 11 is 0. The molecule has 1 atom stereocenters. The zero-order chi connectivity index (χ0) is 15.4. The van der Waals surface area contributed by atoms with Gasteiger partial charge in [0, 0.05) is 0 Å². The number of carbonyl (C=O) groups is 2. The van der Waals surface area contributed by atoms with E-state index in [4.69, 9.17) is 4.42 Å². The molecular weight excluding hydrogens is 275 g/mol. The van der Waals surface area contributed by atoms with E-state index >= 15 is 0 Å². The number of rotatable bonds is 4. The number of furan rings is 1. The molecule has 0 radical (unpaired) electrons. The summed E-state index contributed by atoms with van der Waals surface area (Å²) < 4.78 is 18.5. The monoisotopic (exact) mass is 290 g/mol. The molecule has 2 rings (SSSR count). The van der Waals surface area contributed by atoms with E-state index in [0.29, 0.717) is 0 Å². The van der Waals surface area contributed by atoms with Gasteiger partial charge in [-0.05, 0) is 43.7 Å². The number of amides is 2. The van der Waals surface area contributed by atoms with Crippen molar-refractivity contribution in [3.8, 4) is 0 Å². The maximum absolute atomic E-state index is 13.6. The smallest absolute Gasteiger partial charge is 0.287 e. The van der Waals surface area contributed by atoms with E-state index in [9.17, 15) is 14.0 Å². The summed E-state index contributed by atoms with van der Waals surface area (Å²) in [6.45, 7) is 3.29. The average Bonchev–Trinajstić information content (AvgIpc) is 2.97. The largest absolute Gasteiger partial charge is 0.459 e. The molecule has 1 aromatic carbocycles. The van der Waals surface area contributed by atoms with Gasteiger partial charge in [-0.1, -0.05) is 6.07 Å². The van der Waals surface area contributed by atoms with Gasteiger partial charge >= 0.3 is 0 Å². The van der Waals surface area contributed by atoms with Gasteiger partial charge in [-0.3, -0.25) is 9.59 Å². The summed E-state index contributed by atoms with van der Waals surface area (Å²) in [7, 11) is 0. The lowest BCUT2D eigenvalue weighted by molar-refractivity contribution is -0.117. The van der Waals surface area contributed by atoms with E-state index in [0.717, 1.165) is 5.56 Å². The van der Waals surface area contributed by atoms with Gasteiger partial charge in [0.1, 0.15) is 11.9 Å². The fourth-order valence-electron chi connectivity index (χ4n) is 1.72. The molecule has 0 aliphatic heterocycles. The molecule has 1 heterocycles. The van der Waals surface area contributed by atoms with E-state index in [1.807, 2.05) is 0 Å². The van der Waals surface area contributed by atoms with E-state index in [1.165, 1.54) is 31.4 Å². The molecular formula is C15H15FN2O3. The molecule has 0 bridgehead atoms. The number of hydrogen-bond acceptors (Lipinski definition) is 3. The van der Waals surface area contributed by atoms with Crippen molar-refractivity contribution in [1.82, 2.24) is 5.32 Å². The second kappa shape index (κ2) is 6.21. The highest BCUT2D eigenvalue weighted by molar-refractivity contribution is 5.99. The molecule has 0 spiro atoms. The maximum Gasteiger partial charge on any atom is 0.287 e. The van der Waals surface area contributed by atoms with E-state index < -0.39 is 23.7 Å². The third-order valence-electron chi connectivity index (χ3n) is 2.87. The Balaban J connectivity index is 1.99. The van der Waals surface area contributed by atoms with Gasteiger partial charge in [-0.15, -0.1) is 0 Å². The zero-order valence-corrected chi connectivity index (χ0v) is 11.6. The summed E-state index contributed by atoms with van der Waals surface area (Å²) in [5.41, 5.74) is 0.901. The van der Waals surface area contributed by atoms with Gasteiger partial charge in [0.15, 0.2) is 5.76 Å². The first-order chi connectivity index (χ1) is 9.97. The molecule has 2 amide bonds. The highest BCUT2D eigenvalue weighted by atomic mass is 19.1. The summed E-state index contributed by atoms with van der Waals surface area (Å²) in [5, 5.41) is 4.91. The molecule has 0 aliphatic carbocycles. The Kier molecular flexibility index (Phi) is 4.37. The van der Waals surface area contributed by atoms with Crippen molar-refractivity contribution in [1.29, 1.82) is 0 Å². The molecule has 0 fully saturated rings. The summed E-state index contributed by atoms with van der Waals surface area (Å²) in [5.74, 6) is -1.44. The second-order valence-corrected chi connectivity index (χ2v) is 4.65. The van der Waals surface area contributed by atoms with Crippen LogP contribution >= 0.6 is 0 Å². The van der Waals surface area contributed by atoms with Gasteiger partial charge in [0.05, 0.1) is 12.0 Å². The van der Waals surface area contributed by atoms with Crippen LogP contribution in [0.15, 0.2) is 41.0 Å². The van der Waals surface area contributed by atoms with Crippen LogP contribution in [0.2, 0.25) is 0 Å². The fourth-order valence-corrected chi connectivity index (χ4v) is 1.72. The van der Waals surface area contributed by atoms with Crippen molar-refractivity contribution in [3.05, 3.63) is 53.7 Å². The van der Waals surface area contributed by atoms with Gasteiger partial charge in [-0.2, -0.15) is 0 Å². The fraction of sp³-hybridized carbons (Fsp3) is 0.200. The molecule has 0 saturated carbocycles. The highest BCUT2D eigenvalue weighted by Crippen LogP contribution is 2.15. The molecule has 0 aliphatic rings. The standard InChI is InChI=1S/C15H15FN2O3/c1-9-5-6-11(16)12(8-9)18-14(19)10(2)17-15(20)13-4-3-7-21-13/h3-8,10H,1-2H3,(H,17,20)(H,18,19). The first kappa shape index (κ1) is 14.8. The molecule has 6 heteroatoms. The lowest BCUT2D eigenvalue weighted by Gasteiger charge is -2.14. The van der Waals surface area contributed by atoms with Crippen molar-refractivity contribution in [3.63, 3.8) is 0 Å². The van der Waals surface area contributed by atoms with Crippen molar-refractivity contribution in [2.45, 2.75) is 19.9 Å². The van der Waals surface area contributed by atoms with Crippen LogP contribution in [0.4, 0.5) is 10.1 Å². The number of benzene rings is 1. The molecule has 5 nitrogen and oxygen atoms in total. The number of nitrogens with one attached hydrogen (secondary N) is 2. The first-order valence-electron chi connectivity index (χ1n) is 6.39. The number of anilines is 1. The molecule has 1 aromatic heterocycles. The lowest BCUT2D eigenvalue weighted by Crippen LogP contribution is -2.41. The minimum absolute atomic E-state index is 0.0825. The van der Waals surface area contributed by atoms with Gasteiger partial charge in [0.25, 0.3) is 5.91 Å². The van der Waals surface area contributed by atoms with E-state index in [1.54, 1.807) is 19.1 Å². The van der Waals surface area contributed by atoms with Crippen molar-refractivity contribution < 1.29 is 18.4 Å². The van der Waals surface area contributed by atoms with Crippen LogP contribution < -0.4 is 10.6 Å². The Morgan fingerprint density at radius 3 is 2.71 bits per heavy atom. The minimum atomic E-state index is -0.831. The third kappa shape index (κ3) is 3.68. The number of halogens is 1.